The van der Waals surface area contributed by atoms with Crippen LogP contribution in [0.2, 0.25) is 0 Å². The molecule has 1 aliphatic rings. The van der Waals surface area contributed by atoms with Gasteiger partial charge in [0.1, 0.15) is 0 Å². The summed E-state index contributed by atoms with van der Waals surface area (Å²) in [5.41, 5.74) is 6.95. The predicted octanol–water partition coefficient (Wildman–Crippen LogP) is 4.53. The van der Waals surface area contributed by atoms with Crippen molar-refractivity contribution in [2.24, 2.45) is 0 Å². The number of hydrogen-bond acceptors (Lipinski definition) is 4. The van der Waals surface area contributed by atoms with E-state index < -0.39 is 0 Å². The van der Waals surface area contributed by atoms with Gasteiger partial charge in [-0.15, -0.1) is 11.3 Å². The number of aryl methyl sites for hydroxylation is 2. The maximum atomic E-state index is 4.34. The Labute approximate surface area is 131 Å². The van der Waals surface area contributed by atoms with Gasteiger partial charge in [0.2, 0.25) is 0 Å². The average Bonchev–Trinajstić information content (AvgIpc) is 3.12. The number of nitrogens with one attached hydrogen (secondary N) is 1. The quantitative estimate of drug-likeness (QED) is 0.899. The van der Waals surface area contributed by atoms with Crippen molar-refractivity contribution in [3.8, 4) is 0 Å². The van der Waals surface area contributed by atoms with Crippen molar-refractivity contribution in [3.05, 3.63) is 39.8 Å². The topological polar surface area (TPSA) is 28.2 Å². The molecule has 1 unspecified atom stereocenters. The molecule has 1 atom stereocenters. The number of aromatic nitrogens is 1. The van der Waals surface area contributed by atoms with E-state index in [0.29, 0.717) is 6.04 Å². The van der Waals surface area contributed by atoms with Gasteiger partial charge in [-0.3, -0.25) is 0 Å². The molecule has 0 spiro atoms. The SMILES string of the molecule is Cc1cc(N2CCCC2)ccc1NC(C)c1scnc1C. The van der Waals surface area contributed by atoms with E-state index >= 15 is 0 Å². The van der Waals surface area contributed by atoms with Gasteiger partial charge in [0, 0.05) is 29.3 Å². The summed E-state index contributed by atoms with van der Waals surface area (Å²) in [5, 5.41) is 3.62. The maximum absolute atomic E-state index is 4.34. The average molecular weight is 301 g/mol. The second-order valence-electron chi connectivity index (χ2n) is 5.86. The zero-order valence-electron chi connectivity index (χ0n) is 13.0. The molecule has 3 nitrogen and oxygen atoms in total. The van der Waals surface area contributed by atoms with Crippen molar-refractivity contribution < 1.29 is 0 Å². The second-order valence-corrected chi connectivity index (χ2v) is 6.75. The minimum absolute atomic E-state index is 0.300. The molecule has 1 fully saturated rings. The van der Waals surface area contributed by atoms with Crippen LogP contribution in [-0.2, 0) is 0 Å². The van der Waals surface area contributed by atoms with Crippen molar-refractivity contribution in [2.75, 3.05) is 23.3 Å². The van der Waals surface area contributed by atoms with E-state index in [-0.39, 0.29) is 0 Å². The first-order valence-electron chi connectivity index (χ1n) is 7.67. The van der Waals surface area contributed by atoms with Crippen molar-refractivity contribution in [3.63, 3.8) is 0 Å². The van der Waals surface area contributed by atoms with Crippen LogP contribution in [0.25, 0.3) is 0 Å². The maximum Gasteiger partial charge on any atom is 0.0798 e. The fourth-order valence-corrected chi connectivity index (χ4v) is 3.82. The standard InChI is InChI=1S/C17H23N3S/c1-12-10-15(20-8-4-5-9-20)6-7-16(12)19-14(3)17-13(2)18-11-21-17/h6-7,10-11,14,19H,4-5,8-9H2,1-3H3. The fourth-order valence-electron chi connectivity index (χ4n) is 3.01. The van der Waals surface area contributed by atoms with Gasteiger partial charge >= 0.3 is 0 Å². The highest BCUT2D eigenvalue weighted by Gasteiger charge is 2.15. The molecule has 0 radical (unpaired) electrons. The summed E-state index contributed by atoms with van der Waals surface area (Å²) in [4.78, 5) is 8.14. The van der Waals surface area contributed by atoms with Gasteiger partial charge in [-0.1, -0.05) is 0 Å². The van der Waals surface area contributed by atoms with Crippen molar-refractivity contribution in [1.82, 2.24) is 4.98 Å². The number of nitrogens with zero attached hydrogens (tertiary/aromatic N) is 2. The van der Waals surface area contributed by atoms with Crippen molar-refractivity contribution in [1.29, 1.82) is 0 Å². The van der Waals surface area contributed by atoms with Gasteiger partial charge in [-0.05, 0) is 57.4 Å². The number of thiazole rings is 1. The molecule has 4 heteroatoms. The highest BCUT2D eigenvalue weighted by molar-refractivity contribution is 7.09. The van der Waals surface area contributed by atoms with E-state index in [1.807, 2.05) is 5.51 Å². The molecule has 21 heavy (non-hydrogen) atoms. The Bertz CT molecular complexity index is 614. The molecule has 0 bridgehead atoms. The van der Waals surface area contributed by atoms with E-state index in [1.54, 1.807) is 11.3 Å². The molecule has 0 saturated carbocycles. The highest BCUT2D eigenvalue weighted by Crippen LogP contribution is 2.29. The van der Waals surface area contributed by atoms with E-state index in [2.05, 4.69) is 54.2 Å². The fraction of sp³-hybridized carbons (Fsp3) is 0.471. The number of anilines is 2. The Hall–Kier alpha value is -1.55. The summed E-state index contributed by atoms with van der Waals surface area (Å²) in [6, 6.07) is 7.07. The Kier molecular flexibility index (Phi) is 4.15. The van der Waals surface area contributed by atoms with Gasteiger partial charge in [0.05, 0.1) is 17.2 Å². The Morgan fingerprint density at radius 2 is 2.00 bits per heavy atom. The normalized spacial score (nSPS) is 16.2. The lowest BCUT2D eigenvalue weighted by Gasteiger charge is -2.21. The molecular weight excluding hydrogens is 278 g/mol. The molecule has 3 rings (SSSR count). The summed E-state index contributed by atoms with van der Waals surface area (Å²) in [6.45, 7) is 8.86. The van der Waals surface area contributed by atoms with E-state index in [0.717, 1.165) is 5.69 Å². The van der Waals surface area contributed by atoms with E-state index in [9.17, 15) is 0 Å². The van der Waals surface area contributed by atoms with Crippen LogP contribution < -0.4 is 10.2 Å². The summed E-state index contributed by atoms with van der Waals surface area (Å²) in [6.07, 6.45) is 2.64. The third kappa shape index (κ3) is 3.05. The van der Waals surface area contributed by atoms with Crippen LogP contribution in [0.3, 0.4) is 0 Å². The third-order valence-electron chi connectivity index (χ3n) is 4.23. The zero-order chi connectivity index (χ0) is 14.8. The summed E-state index contributed by atoms with van der Waals surface area (Å²) in [5.74, 6) is 0. The summed E-state index contributed by atoms with van der Waals surface area (Å²) in [7, 11) is 0. The van der Waals surface area contributed by atoms with E-state index in [1.165, 1.54) is 47.7 Å². The van der Waals surface area contributed by atoms with Gasteiger partial charge in [-0.25, -0.2) is 4.98 Å². The van der Waals surface area contributed by atoms with Crippen LogP contribution in [-0.4, -0.2) is 18.1 Å². The summed E-state index contributed by atoms with van der Waals surface area (Å²) < 4.78 is 0. The molecule has 1 aromatic carbocycles. The van der Waals surface area contributed by atoms with Gasteiger partial charge in [0.25, 0.3) is 0 Å². The van der Waals surface area contributed by atoms with Crippen LogP contribution in [0.5, 0.6) is 0 Å². The molecule has 1 N–H and O–H groups in total. The van der Waals surface area contributed by atoms with Gasteiger partial charge < -0.3 is 10.2 Å². The minimum atomic E-state index is 0.300. The van der Waals surface area contributed by atoms with Gasteiger partial charge in [-0.2, -0.15) is 0 Å². The highest BCUT2D eigenvalue weighted by atomic mass is 32.1. The summed E-state index contributed by atoms with van der Waals surface area (Å²) >= 11 is 1.72. The monoisotopic (exact) mass is 301 g/mol. The molecule has 2 aromatic rings. The lowest BCUT2D eigenvalue weighted by molar-refractivity contribution is 0.887. The Morgan fingerprint density at radius 3 is 2.62 bits per heavy atom. The van der Waals surface area contributed by atoms with Gasteiger partial charge in [0.15, 0.2) is 0 Å². The first-order valence-corrected chi connectivity index (χ1v) is 8.55. The number of hydrogen-bond donors (Lipinski definition) is 1. The van der Waals surface area contributed by atoms with Crippen molar-refractivity contribution >= 4 is 22.7 Å². The van der Waals surface area contributed by atoms with Crippen LogP contribution in [0.15, 0.2) is 23.7 Å². The number of rotatable bonds is 4. The van der Waals surface area contributed by atoms with Crippen molar-refractivity contribution in [2.45, 2.75) is 39.7 Å². The smallest absolute Gasteiger partial charge is 0.0798 e. The van der Waals surface area contributed by atoms with Crippen LogP contribution in [0, 0.1) is 13.8 Å². The molecule has 1 aliphatic heterocycles. The third-order valence-corrected chi connectivity index (χ3v) is 5.34. The lowest BCUT2D eigenvalue weighted by atomic mass is 10.1. The molecule has 112 valence electrons. The van der Waals surface area contributed by atoms with Crippen LogP contribution >= 0.6 is 11.3 Å². The molecule has 0 amide bonds. The first kappa shape index (κ1) is 14.4. The molecule has 0 aliphatic carbocycles. The Morgan fingerprint density at radius 1 is 1.24 bits per heavy atom. The Balaban J connectivity index is 1.75. The molecule has 1 saturated heterocycles. The second kappa shape index (κ2) is 6.06. The lowest BCUT2D eigenvalue weighted by Crippen LogP contribution is -2.17. The first-order chi connectivity index (χ1) is 10.1. The largest absolute Gasteiger partial charge is 0.377 e. The minimum Gasteiger partial charge on any atom is -0.377 e. The molecule has 2 heterocycles. The van der Waals surface area contributed by atoms with Crippen LogP contribution in [0.4, 0.5) is 11.4 Å². The van der Waals surface area contributed by atoms with E-state index in [4.69, 9.17) is 0 Å². The number of benzene rings is 1. The molecular formula is C17H23N3S. The zero-order valence-corrected chi connectivity index (χ0v) is 13.8. The molecule has 1 aromatic heterocycles. The predicted molar refractivity (Wildman–Crippen MR) is 91.5 cm³/mol. The van der Waals surface area contributed by atoms with Crippen LogP contribution in [0.1, 0.15) is 41.9 Å².